The number of benzene rings is 2. The summed E-state index contributed by atoms with van der Waals surface area (Å²) >= 11 is 0. The Kier molecular flexibility index (Phi) is 5.75. The first-order valence-electron chi connectivity index (χ1n) is 9.60. The topological polar surface area (TPSA) is 96.4 Å². The minimum absolute atomic E-state index is 0.271. The van der Waals surface area contributed by atoms with Crippen molar-refractivity contribution < 1.29 is 14.6 Å². The fraction of sp³-hybridized carbons (Fsp3) is 0.0417. The SMILES string of the molecule is Cc1cc(Nc2cccnc2Oc2ccc(Nc3ccccn3)cc2)ccc1C(=O)O. The Labute approximate surface area is 179 Å². The van der Waals surface area contributed by atoms with Crippen molar-refractivity contribution in [2.45, 2.75) is 6.92 Å². The number of nitrogens with one attached hydrogen (secondary N) is 2. The standard InChI is InChI=1S/C24H20N4O3/c1-16-15-18(9-12-20(16)24(29)30)27-21-5-4-14-26-23(21)31-19-10-7-17(8-11-19)28-22-6-2-3-13-25-22/h2-15,27H,1H3,(H,25,28)(H,29,30). The summed E-state index contributed by atoms with van der Waals surface area (Å²) in [7, 11) is 0. The molecule has 4 rings (SSSR count). The summed E-state index contributed by atoms with van der Waals surface area (Å²) in [6.45, 7) is 1.76. The average Bonchev–Trinajstić information content (AvgIpc) is 2.77. The van der Waals surface area contributed by atoms with Crippen LogP contribution in [0.25, 0.3) is 0 Å². The molecule has 0 fully saturated rings. The predicted octanol–water partition coefficient (Wildman–Crippen LogP) is 5.76. The molecule has 154 valence electrons. The van der Waals surface area contributed by atoms with Crippen molar-refractivity contribution in [1.29, 1.82) is 0 Å². The lowest BCUT2D eigenvalue weighted by molar-refractivity contribution is 0.0696. The van der Waals surface area contributed by atoms with Gasteiger partial charge in [0.1, 0.15) is 17.3 Å². The quantitative estimate of drug-likeness (QED) is 0.355. The van der Waals surface area contributed by atoms with Crippen molar-refractivity contribution in [2.24, 2.45) is 0 Å². The zero-order valence-electron chi connectivity index (χ0n) is 16.7. The highest BCUT2D eigenvalue weighted by Gasteiger charge is 2.10. The molecule has 0 bridgehead atoms. The van der Waals surface area contributed by atoms with Crippen molar-refractivity contribution in [2.75, 3.05) is 10.6 Å². The molecule has 7 nitrogen and oxygen atoms in total. The van der Waals surface area contributed by atoms with Gasteiger partial charge in [-0.1, -0.05) is 6.07 Å². The number of pyridine rings is 2. The molecule has 2 heterocycles. The Balaban J connectivity index is 1.49. The Bertz CT molecular complexity index is 1200. The van der Waals surface area contributed by atoms with E-state index in [-0.39, 0.29) is 5.56 Å². The summed E-state index contributed by atoms with van der Waals surface area (Å²) in [6, 6.07) is 21.9. The molecule has 0 aliphatic carbocycles. The Hall–Kier alpha value is -4.39. The number of aromatic nitrogens is 2. The maximum Gasteiger partial charge on any atom is 0.335 e. The van der Waals surface area contributed by atoms with E-state index >= 15 is 0 Å². The third kappa shape index (κ3) is 4.97. The molecule has 31 heavy (non-hydrogen) atoms. The van der Waals surface area contributed by atoms with Gasteiger partial charge in [0.05, 0.1) is 5.56 Å². The number of carbonyl (C=O) groups is 1. The van der Waals surface area contributed by atoms with Gasteiger partial charge >= 0.3 is 5.97 Å². The van der Waals surface area contributed by atoms with Gasteiger partial charge in [-0.2, -0.15) is 0 Å². The molecule has 2 aromatic heterocycles. The van der Waals surface area contributed by atoms with Crippen molar-refractivity contribution in [3.05, 3.63) is 96.3 Å². The lowest BCUT2D eigenvalue weighted by Crippen LogP contribution is -2.01. The molecule has 0 unspecified atom stereocenters. The second-order valence-electron chi connectivity index (χ2n) is 6.78. The molecule has 0 amide bonds. The van der Waals surface area contributed by atoms with Gasteiger partial charge in [-0.15, -0.1) is 0 Å². The summed E-state index contributed by atoms with van der Waals surface area (Å²) < 4.78 is 5.97. The van der Waals surface area contributed by atoms with E-state index in [4.69, 9.17) is 4.74 Å². The number of carboxylic acids is 1. The van der Waals surface area contributed by atoms with Gasteiger partial charge in [-0.25, -0.2) is 14.8 Å². The molecule has 4 aromatic rings. The lowest BCUT2D eigenvalue weighted by atomic mass is 10.1. The minimum Gasteiger partial charge on any atom is -0.478 e. The first kappa shape index (κ1) is 19.9. The molecule has 2 aromatic carbocycles. The van der Waals surface area contributed by atoms with Crippen molar-refractivity contribution in [3.8, 4) is 11.6 Å². The number of nitrogens with zero attached hydrogens (tertiary/aromatic N) is 2. The molecule has 0 atom stereocenters. The van der Waals surface area contributed by atoms with Crippen LogP contribution in [0.3, 0.4) is 0 Å². The van der Waals surface area contributed by atoms with Crippen molar-refractivity contribution in [1.82, 2.24) is 9.97 Å². The van der Waals surface area contributed by atoms with Crippen LogP contribution in [-0.2, 0) is 0 Å². The molecule has 0 radical (unpaired) electrons. The van der Waals surface area contributed by atoms with E-state index in [0.717, 1.165) is 17.2 Å². The Morgan fingerprint density at radius 3 is 2.35 bits per heavy atom. The summed E-state index contributed by atoms with van der Waals surface area (Å²) in [6.07, 6.45) is 3.38. The highest BCUT2D eigenvalue weighted by molar-refractivity contribution is 5.90. The van der Waals surface area contributed by atoms with Crippen LogP contribution in [0.4, 0.5) is 22.9 Å². The van der Waals surface area contributed by atoms with E-state index in [1.807, 2.05) is 48.5 Å². The second-order valence-corrected chi connectivity index (χ2v) is 6.78. The molecule has 7 heteroatoms. The first-order chi connectivity index (χ1) is 15.1. The number of hydrogen-bond donors (Lipinski definition) is 3. The maximum atomic E-state index is 11.2. The second kappa shape index (κ2) is 8.96. The van der Waals surface area contributed by atoms with E-state index in [1.165, 1.54) is 0 Å². The molecule has 3 N–H and O–H groups in total. The average molecular weight is 412 g/mol. The number of ether oxygens (including phenoxy) is 1. The molecule has 0 spiro atoms. The number of anilines is 4. The van der Waals surface area contributed by atoms with Crippen molar-refractivity contribution >= 4 is 28.8 Å². The van der Waals surface area contributed by atoms with Crippen LogP contribution in [0.1, 0.15) is 15.9 Å². The van der Waals surface area contributed by atoms with Gasteiger partial charge in [-0.05, 0) is 79.2 Å². The van der Waals surface area contributed by atoms with Crippen LogP contribution in [0.5, 0.6) is 11.6 Å². The summed E-state index contributed by atoms with van der Waals surface area (Å²) in [5.74, 6) is 0.852. The molecule has 0 saturated carbocycles. The van der Waals surface area contributed by atoms with E-state index in [2.05, 4.69) is 20.6 Å². The van der Waals surface area contributed by atoms with Gasteiger partial charge in [0.25, 0.3) is 0 Å². The van der Waals surface area contributed by atoms with Gasteiger partial charge in [0, 0.05) is 23.8 Å². The largest absolute Gasteiger partial charge is 0.478 e. The van der Waals surface area contributed by atoms with Crippen LogP contribution in [-0.4, -0.2) is 21.0 Å². The van der Waals surface area contributed by atoms with E-state index in [0.29, 0.717) is 22.9 Å². The third-order valence-corrected chi connectivity index (χ3v) is 4.51. The third-order valence-electron chi connectivity index (χ3n) is 4.51. The van der Waals surface area contributed by atoms with E-state index in [9.17, 15) is 9.90 Å². The molecular weight excluding hydrogens is 392 g/mol. The number of aryl methyl sites for hydroxylation is 1. The monoisotopic (exact) mass is 412 g/mol. The zero-order valence-corrected chi connectivity index (χ0v) is 16.7. The number of aromatic carboxylic acids is 1. The van der Waals surface area contributed by atoms with Gasteiger partial charge in [-0.3, -0.25) is 0 Å². The normalized spacial score (nSPS) is 10.4. The van der Waals surface area contributed by atoms with Gasteiger partial charge in [0.2, 0.25) is 5.88 Å². The maximum absolute atomic E-state index is 11.2. The smallest absolute Gasteiger partial charge is 0.335 e. The molecule has 0 aliphatic rings. The van der Waals surface area contributed by atoms with Crippen molar-refractivity contribution in [3.63, 3.8) is 0 Å². The fourth-order valence-corrected chi connectivity index (χ4v) is 3.01. The Morgan fingerprint density at radius 1 is 0.871 bits per heavy atom. The summed E-state index contributed by atoms with van der Waals surface area (Å²) in [4.78, 5) is 19.8. The predicted molar refractivity (Wildman–Crippen MR) is 120 cm³/mol. The van der Waals surface area contributed by atoms with Gasteiger partial charge in [0.15, 0.2) is 0 Å². The Morgan fingerprint density at radius 2 is 1.65 bits per heavy atom. The van der Waals surface area contributed by atoms with E-state index < -0.39 is 5.97 Å². The fourth-order valence-electron chi connectivity index (χ4n) is 3.01. The van der Waals surface area contributed by atoms with Crippen LogP contribution >= 0.6 is 0 Å². The molecule has 0 aliphatic heterocycles. The number of carboxylic acid groups (broad SMARTS) is 1. The molecule has 0 saturated heterocycles. The lowest BCUT2D eigenvalue weighted by Gasteiger charge is -2.13. The van der Waals surface area contributed by atoms with Crippen LogP contribution in [0.15, 0.2) is 85.2 Å². The minimum atomic E-state index is -0.949. The highest BCUT2D eigenvalue weighted by atomic mass is 16.5. The van der Waals surface area contributed by atoms with E-state index in [1.54, 1.807) is 43.6 Å². The first-order valence-corrected chi connectivity index (χ1v) is 9.60. The van der Waals surface area contributed by atoms with Gasteiger partial charge < -0.3 is 20.5 Å². The summed E-state index contributed by atoms with van der Waals surface area (Å²) in [5, 5.41) is 15.7. The zero-order chi connectivity index (χ0) is 21.6. The summed E-state index contributed by atoms with van der Waals surface area (Å²) in [5.41, 5.74) is 3.24. The molecular formula is C24H20N4O3. The number of hydrogen-bond acceptors (Lipinski definition) is 6. The highest BCUT2D eigenvalue weighted by Crippen LogP contribution is 2.31. The van der Waals surface area contributed by atoms with Crippen LogP contribution in [0, 0.1) is 6.92 Å². The number of rotatable bonds is 7. The van der Waals surface area contributed by atoms with Crippen LogP contribution < -0.4 is 15.4 Å². The van der Waals surface area contributed by atoms with Crippen LogP contribution in [0.2, 0.25) is 0 Å².